The van der Waals surface area contributed by atoms with Crippen molar-refractivity contribution in [1.29, 1.82) is 0 Å². The lowest BCUT2D eigenvalue weighted by Gasteiger charge is -2.34. The summed E-state index contributed by atoms with van der Waals surface area (Å²) in [5.74, 6) is 0.875. The number of likely N-dealkylation sites (tertiary alicyclic amines) is 1. The van der Waals surface area contributed by atoms with Crippen LogP contribution in [0.3, 0.4) is 0 Å². The van der Waals surface area contributed by atoms with E-state index in [2.05, 4.69) is 4.90 Å². The lowest BCUT2D eigenvalue weighted by Crippen LogP contribution is -2.46. The van der Waals surface area contributed by atoms with Crippen molar-refractivity contribution in [2.45, 2.75) is 51.5 Å². The zero-order valence-electron chi connectivity index (χ0n) is 18.6. The van der Waals surface area contributed by atoms with Gasteiger partial charge in [0.05, 0.1) is 24.8 Å². The highest BCUT2D eigenvalue weighted by molar-refractivity contribution is 6.22. The van der Waals surface area contributed by atoms with Gasteiger partial charge in [0.1, 0.15) is 11.6 Å². The van der Waals surface area contributed by atoms with Gasteiger partial charge in [0, 0.05) is 0 Å². The van der Waals surface area contributed by atoms with Gasteiger partial charge in [-0.3, -0.25) is 14.5 Å². The van der Waals surface area contributed by atoms with Gasteiger partial charge >= 0.3 is 0 Å². The smallest absolute Gasteiger partial charge is 0.251 e. The summed E-state index contributed by atoms with van der Waals surface area (Å²) in [5.41, 5.74) is 1.77. The van der Waals surface area contributed by atoms with Crippen molar-refractivity contribution in [1.82, 2.24) is 4.90 Å². The largest absolute Gasteiger partial charge is 0.494 e. The number of piperidine rings is 1. The van der Waals surface area contributed by atoms with Crippen LogP contribution >= 0.6 is 0 Å². The molecule has 0 saturated carbocycles. The zero-order valence-corrected chi connectivity index (χ0v) is 18.6. The van der Waals surface area contributed by atoms with Gasteiger partial charge in [0.25, 0.3) is 5.91 Å². The molecule has 2 aromatic carbocycles. The van der Waals surface area contributed by atoms with E-state index in [-0.39, 0.29) is 30.1 Å². The average molecular weight is 439 g/mol. The first-order chi connectivity index (χ1) is 15.5. The minimum absolute atomic E-state index is 0.123. The van der Waals surface area contributed by atoms with Crippen molar-refractivity contribution in [2.75, 3.05) is 24.6 Å². The standard InChI is InChI=1S/C26H31FN2O3/c1-2-17-32-23-11-9-22(10-12-23)29-25(30)18-24(26(29)31)28-15-13-20(14-16-28)4-3-19-5-7-21(27)8-6-19/h5-12,20,24H,2-4,13-18H2,1H3/t24-/m1/s1. The van der Waals surface area contributed by atoms with Gasteiger partial charge in [-0.25, -0.2) is 9.29 Å². The maximum Gasteiger partial charge on any atom is 0.251 e. The van der Waals surface area contributed by atoms with E-state index in [0.29, 0.717) is 18.2 Å². The molecular weight excluding hydrogens is 407 g/mol. The van der Waals surface area contributed by atoms with E-state index in [0.717, 1.165) is 56.5 Å². The van der Waals surface area contributed by atoms with E-state index in [1.807, 2.05) is 31.2 Å². The first-order valence-electron chi connectivity index (χ1n) is 11.6. The molecule has 0 N–H and O–H groups in total. The second-order valence-electron chi connectivity index (χ2n) is 8.77. The minimum atomic E-state index is -0.364. The predicted molar refractivity (Wildman–Crippen MR) is 122 cm³/mol. The van der Waals surface area contributed by atoms with E-state index >= 15 is 0 Å². The summed E-state index contributed by atoms with van der Waals surface area (Å²) in [6, 6.07) is 13.6. The van der Waals surface area contributed by atoms with Gasteiger partial charge in [-0.05, 0) is 93.1 Å². The lowest BCUT2D eigenvalue weighted by molar-refractivity contribution is -0.123. The van der Waals surface area contributed by atoms with E-state index in [4.69, 9.17) is 4.74 Å². The van der Waals surface area contributed by atoms with Gasteiger partial charge < -0.3 is 4.74 Å². The number of aryl methyl sites for hydroxylation is 1. The van der Waals surface area contributed by atoms with Gasteiger partial charge in [0.15, 0.2) is 0 Å². The van der Waals surface area contributed by atoms with E-state index in [1.165, 1.54) is 17.0 Å². The third-order valence-electron chi connectivity index (χ3n) is 6.54. The van der Waals surface area contributed by atoms with Crippen molar-refractivity contribution in [3.05, 3.63) is 59.9 Å². The summed E-state index contributed by atoms with van der Waals surface area (Å²) in [6.45, 7) is 4.35. The fraction of sp³-hybridized carbons (Fsp3) is 0.462. The number of benzene rings is 2. The molecule has 2 heterocycles. The Bertz CT molecular complexity index is 921. The summed E-state index contributed by atoms with van der Waals surface area (Å²) < 4.78 is 18.7. The maximum absolute atomic E-state index is 13.1. The quantitative estimate of drug-likeness (QED) is 0.566. The molecule has 32 heavy (non-hydrogen) atoms. The van der Waals surface area contributed by atoms with Crippen LogP contribution in [0.2, 0.25) is 0 Å². The Kier molecular flexibility index (Phi) is 7.20. The summed E-state index contributed by atoms with van der Waals surface area (Å²) in [6.07, 6.45) is 5.21. The predicted octanol–water partition coefficient (Wildman–Crippen LogP) is 4.59. The number of imide groups is 1. The molecule has 2 amide bonds. The van der Waals surface area contributed by atoms with Gasteiger partial charge in [0.2, 0.25) is 5.91 Å². The Balaban J connectivity index is 1.30. The molecule has 0 aliphatic carbocycles. The van der Waals surface area contributed by atoms with Crippen molar-refractivity contribution in [3.63, 3.8) is 0 Å². The number of carbonyl (C=O) groups excluding carboxylic acids is 2. The van der Waals surface area contributed by atoms with Crippen LogP contribution < -0.4 is 9.64 Å². The first-order valence-corrected chi connectivity index (χ1v) is 11.6. The highest BCUT2D eigenvalue weighted by atomic mass is 19.1. The molecule has 0 bridgehead atoms. The van der Waals surface area contributed by atoms with Crippen LogP contribution in [0, 0.1) is 11.7 Å². The number of halogens is 1. The fourth-order valence-corrected chi connectivity index (χ4v) is 4.66. The van der Waals surface area contributed by atoms with Crippen LogP contribution in [-0.2, 0) is 16.0 Å². The molecule has 2 aliphatic rings. The zero-order chi connectivity index (χ0) is 22.5. The molecule has 5 nitrogen and oxygen atoms in total. The molecule has 2 aromatic rings. The highest BCUT2D eigenvalue weighted by Crippen LogP contribution is 2.30. The number of nitrogens with zero attached hydrogens (tertiary/aromatic N) is 2. The summed E-state index contributed by atoms with van der Waals surface area (Å²) >= 11 is 0. The first kappa shape index (κ1) is 22.5. The molecule has 6 heteroatoms. The highest BCUT2D eigenvalue weighted by Gasteiger charge is 2.43. The normalized spacial score (nSPS) is 20.2. The maximum atomic E-state index is 13.1. The van der Waals surface area contributed by atoms with Crippen LogP contribution in [-0.4, -0.2) is 42.5 Å². The van der Waals surface area contributed by atoms with E-state index < -0.39 is 0 Å². The molecule has 4 rings (SSSR count). The Hall–Kier alpha value is -2.73. The van der Waals surface area contributed by atoms with Crippen LogP contribution in [0.25, 0.3) is 0 Å². The number of anilines is 1. The Morgan fingerprint density at radius 3 is 2.34 bits per heavy atom. The fourth-order valence-electron chi connectivity index (χ4n) is 4.66. The number of amides is 2. The van der Waals surface area contributed by atoms with Crippen molar-refractivity contribution < 1.29 is 18.7 Å². The molecule has 0 spiro atoms. The second kappa shape index (κ2) is 10.3. The van der Waals surface area contributed by atoms with Crippen molar-refractivity contribution in [3.8, 4) is 5.75 Å². The molecule has 2 fully saturated rings. The topological polar surface area (TPSA) is 49.9 Å². The number of ether oxygens (including phenoxy) is 1. The number of hydrogen-bond donors (Lipinski definition) is 0. The van der Waals surface area contributed by atoms with Crippen LogP contribution in [0.15, 0.2) is 48.5 Å². The van der Waals surface area contributed by atoms with E-state index in [9.17, 15) is 14.0 Å². The van der Waals surface area contributed by atoms with Gasteiger partial charge in [-0.1, -0.05) is 19.1 Å². The monoisotopic (exact) mass is 438 g/mol. The molecule has 1 atom stereocenters. The van der Waals surface area contributed by atoms with Crippen molar-refractivity contribution >= 4 is 17.5 Å². The van der Waals surface area contributed by atoms with Crippen LogP contribution in [0.5, 0.6) is 5.75 Å². The Morgan fingerprint density at radius 1 is 1.00 bits per heavy atom. The molecule has 0 radical (unpaired) electrons. The SMILES string of the molecule is CCCOc1ccc(N2C(=O)C[C@@H](N3CCC(CCc4ccc(F)cc4)CC3)C2=O)cc1. The summed E-state index contributed by atoms with van der Waals surface area (Å²) in [7, 11) is 0. The van der Waals surface area contributed by atoms with Crippen LogP contribution in [0.4, 0.5) is 10.1 Å². The average Bonchev–Trinajstić information content (AvgIpc) is 3.12. The molecular formula is C26H31FN2O3. The van der Waals surface area contributed by atoms with Gasteiger partial charge in [-0.2, -0.15) is 0 Å². The summed E-state index contributed by atoms with van der Waals surface area (Å²) in [4.78, 5) is 29.3. The molecule has 2 aliphatic heterocycles. The third-order valence-corrected chi connectivity index (χ3v) is 6.54. The molecule has 170 valence electrons. The van der Waals surface area contributed by atoms with Crippen LogP contribution in [0.1, 0.15) is 44.6 Å². The number of rotatable bonds is 8. The molecule has 2 saturated heterocycles. The Morgan fingerprint density at radius 2 is 1.69 bits per heavy atom. The number of hydrogen-bond acceptors (Lipinski definition) is 4. The number of carbonyl (C=O) groups is 2. The second-order valence-corrected chi connectivity index (χ2v) is 8.77. The third kappa shape index (κ3) is 5.18. The molecule has 0 aromatic heterocycles. The van der Waals surface area contributed by atoms with Crippen molar-refractivity contribution in [2.24, 2.45) is 5.92 Å². The lowest BCUT2D eigenvalue weighted by atomic mass is 9.90. The summed E-state index contributed by atoms with van der Waals surface area (Å²) in [5, 5.41) is 0. The minimum Gasteiger partial charge on any atom is -0.494 e. The molecule has 0 unspecified atom stereocenters. The van der Waals surface area contributed by atoms with Gasteiger partial charge in [-0.15, -0.1) is 0 Å². The van der Waals surface area contributed by atoms with E-state index in [1.54, 1.807) is 12.1 Å². The Labute approximate surface area is 189 Å².